The van der Waals surface area contributed by atoms with Crippen molar-refractivity contribution in [3.05, 3.63) is 0 Å². The van der Waals surface area contributed by atoms with Crippen LogP contribution in [0, 0.1) is 0 Å². The quantitative estimate of drug-likeness (QED) is 0.372. The molecule has 1 N–H and O–H groups in total. The van der Waals surface area contributed by atoms with Crippen LogP contribution in [-0.2, 0) is 19.1 Å². The highest BCUT2D eigenvalue weighted by Crippen LogP contribution is 2.15. The summed E-state index contributed by atoms with van der Waals surface area (Å²) < 4.78 is 4.59. The fourth-order valence-electron chi connectivity index (χ4n) is 0.824. The Morgan fingerprint density at radius 2 is 2.08 bits per heavy atom. The number of nitrogens with one attached hydrogen (secondary N) is 1. The summed E-state index contributed by atoms with van der Waals surface area (Å²) in [5.74, 6) is -1.65. The molecule has 0 radical (unpaired) electrons. The molecule has 0 bridgehead atoms. The van der Waals surface area contributed by atoms with E-state index in [9.17, 15) is 14.4 Å². The van der Waals surface area contributed by atoms with Gasteiger partial charge < -0.3 is 4.74 Å². The number of alkyl halides is 1. The Morgan fingerprint density at radius 1 is 1.50 bits per heavy atom. The number of hydrogen-bond donors (Lipinski definition) is 1. The van der Waals surface area contributed by atoms with Crippen LogP contribution in [0.5, 0.6) is 0 Å². The fourth-order valence-corrected chi connectivity index (χ4v) is 1.29. The van der Waals surface area contributed by atoms with Gasteiger partial charge in [0.25, 0.3) is 5.91 Å². The van der Waals surface area contributed by atoms with Gasteiger partial charge >= 0.3 is 5.97 Å². The van der Waals surface area contributed by atoms with Gasteiger partial charge in [0.1, 0.15) is 4.83 Å². The fraction of sp³-hybridized carbons (Fsp3) is 0.500. The number of ether oxygens (including phenoxy) is 1. The second-order valence-electron chi connectivity index (χ2n) is 2.29. The van der Waals surface area contributed by atoms with E-state index in [4.69, 9.17) is 0 Å². The number of rotatable bonds is 1. The Hall–Kier alpha value is -0.910. The third-order valence-corrected chi connectivity index (χ3v) is 2.21. The largest absolute Gasteiger partial charge is 0.451 e. The molecule has 5 nitrogen and oxygen atoms in total. The molecule has 0 aliphatic carbocycles. The van der Waals surface area contributed by atoms with Gasteiger partial charge in [-0.3, -0.25) is 19.7 Å². The van der Waals surface area contributed by atoms with Gasteiger partial charge in [0.2, 0.25) is 12.0 Å². The van der Waals surface area contributed by atoms with Crippen molar-refractivity contribution < 1.29 is 19.1 Å². The van der Waals surface area contributed by atoms with Gasteiger partial charge in [0.05, 0.1) is 0 Å². The van der Waals surface area contributed by atoms with E-state index in [-0.39, 0.29) is 0 Å². The summed E-state index contributed by atoms with van der Waals surface area (Å²) in [4.78, 5) is 31.4. The maximum absolute atomic E-state index is 10.9. The number of hydrogen-bond acceptors (Lipinski definition) is 4. The second-order valence-corrected chi connectivity index (χ2v) is 3.27. The Balaban J connectivity index is 2.70. The van der Waals surface area contributed by atoms with Crippen molar-refractivity contribution in [1.82, 2.24) is 5.32 Å². The van der Waals surface area contributed by atoms with Crippen molar-refractivity contribution in [3.8, 4) is 0 Å². The lowest BCUT2D eigenvalue weighted by molar-refractivity contribution is -0.151. The lowest BCUT2D eigenvalue weighted by Crippen LogP contribution is -2.30. The Kier molecular flexibility index (Phi) is 2.46. The molecule has 1 aliphatic heterocycles. The van der Waals surface area contributed by atoms with E-state index in [2.05, 4.69) is 20.7 Å². The number of carbonyl (C=O) groups excluding carboxylic acids is 3. The van der Waals surface area contributed by atoms with Crippen LogP contribution >= 0.6 is 15.9 Å². The summed E-state index contributed by atoms with van der Waals surface area (Å²) in [5, 5.41) is 2.02. The molecule has 1 rings (SSSR count). The normalized spacial score (nSPS) is 28.5. The molecule has 2 amide bonds. The van der Waals surface area contributed by atoms with E-state index in [1.165, 1.54) is 6.92 Å². The van der Waals surface area contributed by atoms with Gasteiger partial charge in [-0.05, 0) is 0 Å². The smallest absolute Gasteiger partial charge is 0.303 e. The summed E-state index contributed by atoms with van der Waals surface area (Å²) in [6.07, 6.45) is -1.03. The molecule has 0 saturated carbocycles. The van der Waals surface area contributed by atoms with Crippen LogP contribution in [0.3, 0.4) is 0 Å². The zero-order valence-electron chi connectivity index (χ0n) is 6.17. The first-order valence-corrected chi connectivity index (χ1v) is 4.10. The van der Waals surface area contributed by atoms with Gasteiger partial charge in [-0.2, -0.15) is 0 Å². The van der Waals surface area contributed by atoms with E-state index < -0.39 is 28.7 Å². The highest BCUT2D eigenvalue weighted by molar-refractivity contribution is 9.10. The molecular formula is C6H6BrNO4. The van der Waals surface area contributed by atoms with Crippen molar-refractivity contribution in [1.29, 1.82) is 0 Å². The summed E-state index contributed by atoms with van der Waals surface area (Å²) in [6, 6.07) is 0. The van der Waals surface area contributed by atoms with Crippen molar-refractivity contribution in [2.45, 2.75) is 17.9 Å². The maximum Gasteiger partial charge on any atom is 0.303 e. The average molecular weight is 236 g/mol. The van der Waals surface area contributed by atoms with Crippen LogP contribution in [-0.4, -0.2) is 28.7 Å². The number of imide groups is 1. The van der Waals surface area contributed by atoms with E-state index in [0.29, 0.717) is 0 Å². The summed E-state index contributed by atoms with van der Waals surface area (Å²) >= 11 is 2.93. The minimum atomic E-state index is -1.03. The van der Waals surface area contributed by atoms with E-state index in [1.807, 2.05) is 5.32 Å². The molecule has 0 aromatic heterocycles. The van der Waals surface area contributed by atoms with Gasteiger partial charge in [-0.15, -0.1) is 0 Å². The second kappa shape index (κ2) is 3.22. The molecule has 2 atom stereocenters. The predicted molar refractivity (Wildman–Crippen MR) is 41.4 cm³/mol. The van der Waals surface area contributed by atoms with Crippen molar-refractivity contribution in [2.75, 3.05) is 0 Å². The predicted octanol–water partition coefficient (Wildman–Crippen LogP) is -0.662. The first-order valence-electron chi connectivity index (χ1n) is 3.18. The topological polar surface area (TPSA) is 72.5 Å². The first kappa shape index (κ1) is 9.18. The molecule has 0 spiro atoms. The monoisotopic (exact) mass is 235 g/mol. The Morgan fingerprint density at radius 3 is 2.42 bits per heavy atom. The molecule has 1 heterocycles. The molecule has 0 aromatic rings. The zero-order valence-corrected chi connectivity index (χ0v) is 7.75. The number of esters is 1. The summed E-state index contributed by atoms with van der Waals surface area (Å²) in [5.41, 5.74) is 0. The van der Waals surface area contributed by atoms with Crippen molar-refractivity contribution in [2.24, 2.45) is 0 Å². The number of carbonyl (C=O) groups is 3. The third-order valence-electron chi connectivity index (χ3n) is 1.31. The summed E-state index contributed by atoms with van der Waals surface area (Å²) in [6.45, 7) is 1.18. The summed E-state index contributed by atoms with van der Waals surface area (Å²) in [7, 11) is 0. The zero-order chi connectivity index (χ0) is 9.30. The molecule has 0 aromatic carbocycles. The Bertz CT molecular complexity index is 252. The SMILES string of the molecule is CC(=O)O[C@H]1C(=O)NC(=O)[C@H]1Br. The highest BCUT2D eigenvalue weighted by atomic mass is 79.9. The first-order chi connectivity index (χ1) is 5.52. The Labute approximate surface area is 76.6 Å². The molecule has 6 heteroatoms. The molecule has 66 valence electrons. The van der Waals surface area contributed by atoms with E-state index >= 15 is 0 Å². The number of halogens is 1. The standard InChI is InChI=1S/C6H6BrNO4/c1-2(9)12-4-3(7)5(10)8-6(4)11/h3-4H,1H3,(H,8,10,11)/t3-,4+/m0/s1. The van der Waals surface area contributed by atoms with Crippen LogP contribution in [0.2, 0.25) is 0 Å². The van der Waals surface area contributed by atoms with E-state index in [1.54, 1.807) is 0 Å². The van der Waals surface area contributed by atoms with E-state index in [0.717, 1.165) is 0 Å². The lowest BCUT2D eigenvalue weighted by atomic mass is 10.3. The van der Waals surface area contributed by atoms with Crippen LogP contribution in [0.4, 0.5) is 0 Å². The molecule has 12 heavy (non-hydrogen) atoms. The van der Waals surface area contributed by atoms with Crippen LogP contribution in [0.15, 0.2) is 0 Å². The molecule has 0 unspecified atom stereocenters. The van der Waals surface area contributed by atoms with Gasteiger partial charge in [0, 0.05) is 6.92 Å². The molecular weight excluding hydrogens is 230 g/mol. The highest BCUT2D eigenvalue weighted by Gasteiger charge is 2.42. The van der Waals surface area contributed by atoms with Crippen molar-refractivity contribution >= 4 is 33.7 Å². The minimum Gasteiger partial charge on any atom is -0.451 e. The van der Waals surface area contributed by atoms with Gasteiger partial charge in [-0.1, -0.05) is 15.9 Å². The van der Waals surface area contributed by atoms with Crippen LogP contribution in [0.1, 0.15) is 6.92 Å². The van der Waals surface area contributed by atoms with Crippen LogP contribution in [0.25, 0.3) is 0 Å². The number of amides is 2. The third kappa shape index (κ3) is 1.63. The maximum atomic E-state index is 10.9. The minimum absolute atomic E-state index is 0.480. The van der Waals surface area contributed by atoms with Gasteiger partial charge in [0.15, 0.2) is 0 Å². The van der Waals surface area contributed by atoms with Gasteiger partial charge in [-0.25, -0.2) is 0 Å². The molecule has 1 fully saturated rings. The van der Waals surface area contributed by atoms with Crippen molar-refractivity contribution in [3.63, 3.8) is 0 Å². The van der Waals surface area contributed by atoms with Crippen LogP contribution < -0.4 is 5.32 Å². The molecule has 1 saturated heterocycles. The lowest BCUT2D eigenvalue weighted by Gasteiger charge is -2.08. The average Bonchev–Trinajstić information content (AvgIpc) is 2.16. The molecule has 1 aliphatic rings.